The van der Waals surface area contributed by atoms with Crippen molar-refractivity contribution in [1.29, 1.82) is 0 Å². The molecule has 22 heavy (non-hydrogen) atoms. The second-order valence-electron chi connectivity index (χ2n) is 5.50. The van der Waals surface area contributed by atoms with Crippen molar-refractivity contribution >= 4 is 11.6 Å². The molecule has 0 aliphatic heterocycles. The number of nitrogens with two attached hydrogens (primary N) is 1. The van der Waals surface area contributed by atoms with E-state index in [1.165, 1.54) is 5.56 Å². The summed E-state index contributed by atoms with van der Waals surface area (Å²) in [5.74, 6) is 1.28. The Morgan fingerprint density at radius 1 is 1.09 bits per heavy atom. The summed E-state index contributed by atoms with van der Waals surface area (Å²) in [5, 5.41) is 3.08. The van der Waals surface area contributed by atoms with Gasteiger partial charge in [-0.2, -0.15) is 0 Å². The van der Waals surface area contributed by atoms with Crippen molar-refractivity contribution in [1.82, 2.24) is 0 Å². The number of guanidine groups is 1. The first-order chi connectivity index (χ1) is 10.5. The number of hydrogen-bond donors (Lipinski definition) is 2. The summed E-state index contributed by atoms with van der Waals surface area (Å²) in [6, 6.07) is 15.9. The zero-order chi connectivity index (χ0) is 15.9. The van der Waals surface area contributed by atoms with E-state index < -0.39 is 0 Å². The molecule has 2 rings (SSSR count). The minimum absolute atomic E-state index is 0.179. The summed E-state index contributed by atoms with van der Waals surface area (Å²) in [6.07, 6.45) is 0.179. The number of ether oxygens (including phenoxy) is 1. The molecule has 0 heterocycles. The second-order valence-corrected chi connectivity index (χ2v) is 5.50. The van der Waals surface area contributed by atoms with Gasteiger partial charge in [-0.1, -0.05) is 29.8 Å². The summed E-state index contributed by atoms with van der Waals surface area (Å²) in [4.78, 5) is 4.35. The molecule has 2 aromatic carbocycles. The van der Waals surface area contributed by atoms with Gasteiger partial charge < -0.3 is 15.8 Å². The molecule has 2 aromatic rings. The molecule has 0 saturated carbocycles. The predicted molar refractivity (Wildman–Crippen MR) is 92.3 cm³/mol. The van der Waals surface area contributed by atoms with Gasteiger partial charge in [0.1, 0.15) is 5.75 Å². The van der Waals surface area contributed by atoms with Crippen LogP contribution in [-0.4, -0.2) is 12.1 Å². The molecule has 0 bridgehead atoms. The number of rotatable bonds is 5. The van der Waals surface area contributed by atoms with Gasteiger partial charge in [0.05, 0.1) is 12.6 Å². The molecule has 4 nitrogen and oxygen atoms in total. The van der Waals surface area contributed by atoms with E-state index in [-0.39, 0.29) is 6.10 Å². The van der Waals surface area contributed by atoms with Crippen LogP contribution in [0.4, 0.5) is 5.69 Å². The quantitative estimate of drug-likeness (QED) is 0.653. The van der Waals surface area contributed by atoms with Crippen molar-refractivity contribution in [2.24, 2.45) is 10.7 Å². The Morgan fingerprint density at radius 2 is 1.73 bits per heavy atom. The molecule has 0 spiro atoms. The lowest BCUT2D eigenvalue weighted by Gasteiger charge is -2.10. The molecule has 0 aliphatic carbocycles. The van der Waals surface area contributed by atoms with Gasteiger partial charge in [-0.3, -0.25) is 0 Å². The molecule has 0 amide bonds. The van der Waals surface area contributed by atoms with E-state index in [2.05, 4.69) is 10.3 Å². The lowest BCUT2D eigenvalue weighted by atomic mass is 10.2. The third-order valence-corrected chi connectivity index (χ3v) is 3.05. The first-order valence-corrected chi connectivity index (χ1v) is 7.42. The van der Waals surface area contributed by atoms with E-state index >= 15 is 0 Å². The lowest BCUT2D eigenvalue weighted by Crippen LogP contribution is -2.22. The molecule has 0 aliphatic rings. The van der Waals surface area contributed by atoms with E-state index in [0.29, 0.717) is 12.5 Å². The molecule has 3 N–H and O–H groups in total. The van der Waals surface area contributed by atoms with Crippen LogP contribution >= 0.6 is 0 Å². The summed E-state index contributed by atoms with van der Waals surface area (Å²) in [6.45, 7) is 6.60. The summed E-state index contributed by atoms with van der Waals surface area (Å²) in [5.41, 5.74) is 9.14. The zero-order valence-electron chi connectivity index (χ0n) is 13.3. The van der Waals surface area contributed by atoms with Crippen molar-refractivity contribution < 1.29 is 4.74 Å². The van der Waals surface area contributed by atoms with Gasteiger partial charge in [0.25, 0.3) is 0 Å². The topological polar surface area (TPSA) is 59.6 Å². The number of anilines is 1. The normalized spacial score (nSPS) is 11.5. The zero-order valence-corrected chi connectivity index (χ0v) is 13.3. The number of aliphatic imine (C=N–C) groups is 1. The maximum Gasteiger partial charge on any atom is 0.193 e. The fraction of sp³-hybridized carbons (Fsp3) is 0.278. The van der Waals surface area contributed by atoms with Gasteiger partial charge >= 0.3 is 0 Å². The van der Waals surface area contributed by atoms with Crippen molar-refractivity contribution in [3.63, 3.8) is 0 Å². The highest BCUT2D eigenvalue weighted by molar-refractivity contribution is 5.92. The second kappa shape index (κ2) is 7.50. The number of nitrogens with one attached hydrogen (secondary N) is 1. The standard InChI is InChI=1S/C18H23N3O/c1-13(2)22-17-10-6-15(7-11-17)12-20-18(19)21-16-8-4-14(3)5-9-16/h4-11,13H,12H2,1-3H3,(H3,19,20,21). The SMILES string of the molecule is Cc1ccc(NC(N)=NCc2ccc(OC(C)C)cc2)cc1. The minimum Gasteiger partial charge on any atom is -0.491 e. The van der Waals surface area contributed by atoms with E-state index in [0.717, 1.165) is 17.0 Å². The van der Waals surface area contributed by atoms with Crippen LogP contribution in [0.3, 0.4) is 0 Å². The van der Waals surface area contributed by atoms with Gasteiger partial charge in [0.15, 0.2) is 5.96 Å². The molecule has 4 heteroatoms. The number of aryl methyl sites for hydroxylation is 1. The fourth-order valence-corrected chi connectivity index (χ4v) is 1.95. The van der Waals surface area contributed by atoms with Gasteiger partial charge in [0, 0.05) is 5.69 Å². The Kier molecular flexibility index (Phi) is 5.42. The van der Waals surface area contributed by atoms with Crippen LogP contribution in [-0.2, 0) is 6.54 Å². The van der Waals surface area contributed by atoms with Gasteiger partial charge in [-0.25, -0.2) is 4.99 Å². The van der Waals surface area contributed by atoms with Crippen LogP contribution in [0.5, 0.6) is 5.75 Å². The van der Waals surface area contributed by atoms with Gasteiger partial charge in [-0.15, -0.1) is 0 Å². The van der Waals surface area contributed by atoms with Gasteiger partial charge in [0.2, 0.25) is 0 Å². The Labute approximate surface area is 132 Å². The summed E-state index contributed by atoms with van der Waals surface area (Å²) < 4.78 is 5.61. The molecule has 0 unspecified atom stereocenters. The van der Waals surface area contributed by atoms with Crippen molar-refractivity contribution in [2.45, 2.75) is 33.4 Å². The van der Waals surface area contributed by atoms with E-state index in [4.69, 9.17) is 10.5 Å². The Hall–Kier alpha value is -2.49. The smallest absolute Gasteiger partial charge is 0.193 e. The van der Waals surface area contributed by atoms with Crippen LogP contribution in [0.2, 0.25) is 0 Å². The maximum absolute atomic E-state index is 5.90. The fourth-order valence-electron chi connectivity index (χ4n) is 1.95. The van der Waals surface area contributed by atoms with Crippen LogP contribution in [0, 0.1) is 6.92 Å². The van der Waals surface area contributed by atoms with Crippen LogP contribution in [0.15, 0.2) is 53.5 Å². The Bertz CT molecular complexity index is 616. The average molecular weight is 297 g/mol. The summed E-state index contributed by atoms with van der Waals surface area (Å²) in [7, 11) is 0. The molecular weight excluding hydrogens is 274 g/mol. The van der Waals surface area contributed by atoms with Crippen molar-refractivity contribution in [3.8, 4) is 5.75 Å². The Balaban J connectivity index is 1.91. The van der Waals surface area contributed by atoms with E-state index in [9.17, 15) is 0 Å². The van der Waals surface area contributed by atoms with Crippen LogP contribution in [0.25, 0.3) is 0 Å². The van der Waals surface area contributed by atoms with Crippen LogP contribution < -0.4 is 15.8 Å². The summed E-state index contributed by atoms with van der Waals surface area (Å²) >= 11 is 0. The lowest BCUT2D eigenvalue weighted by molar-refractivity contribution is 0.242. The molecular formula is C18H23N3O. The number of hydrogen-bond acceptors (Lipinski definition) is 2. The highest BCUT2D eigenvalue weighted by Crippen LogP contribution is 2.14. The first-order valence-electron chi connectivity index (χ1n) is 7.42. The number of nitrogens with zero attached hydrogens (tertiary/aromatic N) is 1. The monoisotopic (exact) mass is 297 g/mol. The highest BCUT2D eigenvalue weighted by Gasteiger charge is 1.99. The molecule has 0 radical (unpaired) electrons. The largest absolute Gasteiger partial charge is 0.491 e. The van der Waals surface area contributed by atoms with E-state index in [1.807, 2.05) is 69.3 Å². The van der Waals surface area contributed by atoms with Crippen molar-refractivity contribution in [2.75, 3.05) is 5.32 Å². The van der Waals surface area contributed by atoms with Crippen LogP contribution in [0.1, 0.15) is 25.0 Å². The molecule has 116 valence electrons. The minimum atomic E-state index is 0.179. The van der Waals surface area contributed by atoms with Gasteiger partial charge in [-0.05, 0) is 50.6 Å². The molecule has 0 aromatic heterocycles. The number of benzene rings is 2. The average Bonchev–Trinajstić information content (AvgIpc) is 2.48. The molecule has 0 fully saturated rings. The highest BCUT2D eigenvalue weighted by atomic mass is 16.5. The predicted octanol–water partition coefficient (Wildman–Crippen LogP) is 3.71. The first kappa shape index (κ1) is 15.9. The Morgan fingerprint density at radius 3 is 2.32 bits per heavy atom. The third kappa shape index (κ3) is 5.13. The molecule has 0 atom stereocenters. The molecule has 0 saturated heterocycles. The van der Waals surface area contributed by atoms with Crippen molar-refractivity contribution in [3.05, 3.63) is 59.7 Å². The van der Waals surface area contributed by atoms with E-state index in [1.54, 1.807) is 0 Å². The maximum atomic E-state index is 5.90. The third-order valence-electron chi connectivity index (χ3n) is 3.05.